The quantitative estimate of drug-likeness (QED) is 0.544. The van der Waals surface area contributed by atoms with Crippen molar-refractivity contribution in [3.05, 3.63) is 0 Å². The van der Waals surface area contributed by atoms with Gasteiger partial charge in [-0.25, -0.2) is 0 Å². The Morgan fingerprint density at radius 3 is 2.40 bits per heavy atom. The van der Waals surface area contributed by atoms with Crippen molar-refractivity contribution >= 4 is 5.78 Å². The highest BCUT2D eigenvalue weighted by Crippen LogP contribution is 2.24. The molecule has 0 saturated carbocycles. The molecule has 2 heteroatoms. The van der Waals surface area contributed by atoms with Gasteiger partial charge in [-0.15, -0.1) is 0 Å². The first-order valence-electron chi connectivity index (χ1n) is 3.83. The molecule has 0 aromatic carbocycles. The minimum atomic E-state index is 0.117. The maximum absolute atomic E-state index is 11.0. The first-order valence-corrected chi connectivity index (χ1v) is 3.83. The number of nitrogens with zero attached hydrogens (tertiary/aromatic N) is 1. The van der Waals surface area contributed by atoms with Crippen LogP contribution in [0.3, 0.4) is 0 Å². The van der Waals surface area contributed by atoms with Crippen molar-refractivity contribution in [1.82, 2.24) is 4.90 Å². The highest BCUT2D eigenvalue weighted by Gasteiger charge is 2.35. The standard InChI is InChI=1S/C8H15NO/c1-4-9-6-7(10)5-8(9,2)3/h4-6H2,1-3H3. The average molecular weight is 141 g/mol. The molecule has 0 aromatic heterocycles. The van der Waals surface area contributed by atoms with Gasteiger partial charge in [0, 0.05) is 12.0 Å². The van der Waals surface area contributed by atoms with Crippen molar-refractivity contribution in [3.63, 3.8) is 0 Å². The normalized spacial score (nSPS) is 25.7. The van der Waals surface area contributed by atoms with Crippen LogP contribution in [-0.2, 0) is 4.79 Å². The van der Waals surface area contributed by atoms with Gasteiger partial charge < -0.3 is 0 Å². The third-order valence-electron chi connectivity index (χ3n) is 2.23. The molecule has 0 spiro atoms. The summed E-state index contributed by atoms with van der Waals surface area (Å²) in [6.45, 7) is 7.99. The number of rotatable bonds is 1. The summed E-state index contributed by atoms with van der Waals surface area (Å²) in [4.78, 5) is 13.2. The van der Waals surface area contributed by atoms with Gasteiger partial charge in [0.25, 0.3) is 0 Å². The SMILES string of the molecule is CCN1CC(=O)CC1(C)C. The Morgan fingerprint density at radius 2 is 2.20 bits per heavy atom. The van der Waals surface area contributed by atoms with Gasteiger partial charge in [0.1, 0.15) is 5.78 Å². The molecule has 1 aliphatic heterocycles. The van der Waals surface area contributed by atoms with Gasteiger partial charge in [-0.3, -0.25) is 9.69 Å². The molecule has 0 amide bonds. The highest BCUT2D eigenvalue weighted by atomic mass is 16.1. The monoisotopic (exact) mass is 141 g/mol. The number of carbonyl (C=O) groups is 1. The van der Waals surface area contributed by atoms with Crippen LogP contribution in [0.25, 0.3) is 0 Å². The van der Waals surface area contributed by atoms with Gasteiger partial charge >= 0.3 is 0 Å². The predicted molar refractivity (Wildman–Crippen MR) is 41.0 cm³/mol. The van der Waals surface area contributed by atoms with E-state index in [0.29, 0.717) is 12.3 Å². The molecular formula is C8H15NO. The van der Waals surface area contributed by atoms with Crippen LogP contribution < -0.4 is 0 Å². The lowest BCUT2D eigenvalue weighted by Crippen LogP contribution is -2.37. The summed E-state index contributed by atoms with van der Waals surface area (Å²) >= 11 is 0. The van der Waals surface area contributed by atoms with Crippen LogP contribution in [0.15, 0.2) is 0 Å². The van der Waals surface area contributed by atoms with Crippen molar-refractivity contribution in [1.29, 1.82) is 0 Å². The van der Waals surface area contributed by atoms with Crippen LogP contribution in [0.1, 0.15) is 27.2 Å². The average Bonchev–Trinajstić information content (AvgIpc) is 2.04. The van der Waals surface area contributed by atoms with E-state index in [0.717, 1.165) is 13.0 Å². The van der Waals surface area contributed by atoms with Crippen LogP contribution in [0.5, 0.6) is 0 Å². The Balaban J connectivity index is 2.67. The van der Waals surface area contributed by atoms with Crippen LogP contribution in [0.2, 0.25) is 0 Å². The number of likely N-dealkylation sites (tertiary alicyclic amines) is 1. The minimum absolute atomic E-state index is 0.117. The first-order chi connectivity index (χ1) is 4.56. The van der Waals surface area contributed by atoms with E-state index in [4.69, 9.17) is 0 Å². The van der Waals surface area contributed by atoms with Gasteiger partial charge in [-0.05, 0) is 20.4 Å². The van der Waals surface area contributed by atoms with Crippen molar-refractivity contribution in [3.8, 4) is 0 Å². The summed E-state index contributed by atoms with van der Waals surface area (Å²) in [5.74, 6) is 0.381. The number of hydrogen-bond donors (Lipinski definition) is 0. The zero-order valence-electron chi connectivity index (χ0n) is 6.98. The second kappa shape index (κ2) is 2.35. The lowest BCUT2D eigenvalue weighted by atomic mass is 10.0. The molecular weight excluding hydrogens is 126 g/mol. The summed E-state index contributed by atoms with van der Waals surface area (Å²) < 4.78 is 0. The molecule has 1 rings (SSSR count). The van der Waals surface area contributed by atoms with E-state index in [1.165, 1.54) is 0 Å². The first kappa shape index (κ1) is 7.73. The number of ketones is 1. The van der Waals surface area contributed by atoms with E-state index in [2.05, 4.69) is 25.7 Å². The smallest absolute Gasteiger partial charge is 0.148 e. The van der Waals surface area contributed by atoms with Gasteiger partial charge in [-0.1, -0.05) is 6.92 Å². The molecule has 0 aliphatic carbocycles. The molecule has 0 unspecified atom stereocenters. The lowest BCUT2D eigenvalue weighted by molar-refractivity contribution is -0.117. The molecule has 0 N–H and O–H groups in total. The molecule has 0 aromatic rings. The molecule has 0 radical (unpaired) electrons. The molecule has 1 heterocycles. The van der Waals surface area contributed by atoms with Crippen LogP contribution in [-0.4, -0.2) is 29.3 Å². The fraction of sp³-hybridized carbons (Fsp3) is 0.875. The Bertz CT molecular complexity index is 151. The van der Waals surface area contributed by atoms with E-state index in [9.17, 15) is 4.79 Å². The van der Waals surface area contributed by atoms with E-state index in [-0.39, 0.29) is 5.54 Å². The Morgan fingerprint density at radius 1 is 1.60 bits per heavy atom. The summed E-state index contributed by atoms with van der Waals surface area (Å²) in [6.07, 6.45) is 0.723. The molecule has 1 saturated heterocycles. The fourth-order valence-electron chi connectivity index (χ4n) is 1.62. The van der Waals surface area contributed by atoms with Gasteiger partial charge in [0.2, 0.25) is 0 Å². The van der Waals surface area contributed by atoms with Crippen molar-refractivity contribution in [2.45, 2.75) is 32.7 Å². The minimum Gasteiger partial charge on any atom is -0.298 e. The molecule has 58 valence electrons. The number of hydrogen-bond acceptors (Lipinski definition) is 2. The molecule has 0 atom stereocenters. The zero-order chi connectivity index (χ0) is 7.78. The fourth-order valence-corrected chi connectivity index (χ4v) is 1.62. The lowest BCUT2D eigenvalue weighted by Gasteiger charge is -2.28. The zero-order valence-corrected chi connectivity index (χ0v) is 6.98. The van der Waals surface area contributed by atoms with E-state index in [1.54, 1.807) is 0 Å². The second-order valence-corrected chi connectivity index (χ2v) is 3.54. The number of Topliss-reactive ketones (excluding diaryl/α,β-unsaturated/α-hetero) is 1. The summed E-state index contributed by atoms with van der Waals surface area (Å²) in [5.41, 5.74) is 0.117. The summed E-state index contributed by atoms with van der Waals surface area (Å²) in [7, 11) is 0. The molecule has 1 fully saturated rings. The Kier molecular flexibility index (Phi) is 1.82. The van der Waals surface area contributed by atoms with Crippen LogP contribution in [0, 0.1) is 0 Å². The topological polar surface area (TPSA) is 20.3 Å². The maximum atomic E-state index is 11.0. The second-order valence-electron chi connectivity index (χ2n) is 3.54. The van der Waals surface area contributed by atoms with E-state index >= 15 is 0 Å². The third-order valence-corrected chi connectivity index (χ3v) is 2.23. The largest absolute Gasteiger partial charge is 0.298 e. The van der Waals surface area contributed by atoms with Gasteiger partial charge in [0.15, 0.2) is 0 Å². The predicted octanol–water partition coefficient (Wildman–Crippen LogP) is 1.06. The van der Waals surface area contributed by atoms with Crippen LogP contribution in [0.4, 0.5) is 0 Å². The van der Waals surface area contributed by atoms with E-state index < -0.39 is 0 Å². The van der Waals surface area contributed by atoms with Gasteiger partial charge in [-0.2, -0.15) is 0 Å². The van der Waals surface area contributed by atoms with Crippen molar-refractivity contribution in [2.75, 3.05) is 13.1 Å². The highest BCUT2D eigenvalue weighted by molar-refractivity contribution is 5.83. The van der Waals surface area contributed by atoms with Gasteiger partial charge in [0.05, 0.1) is 6.54 Å². The van der Waals surface area contributed by atoms with Crippen LogP contribution >= 0.6 is 0 Å². The molecule has 1 aliphatic rings. The third kappa shape index (κ3) is 1.21. The molecule has 10 heavy (non-hydrogen) atoms. The molecule has 2 nitrogen and oxygen atoms in total. The van der Waals surface area contributed by atoms with Crippen molar-refractivity contribution < 1.29 is 4.79 Å². The Hall–Kier alpha value is -0.370. The van der Waals surface area contributed by atoms with E-state index in [1.807, 2.05) is 0 Å². The summed E-state index contributed by atoms with van der Waals surface area (Å²) in [5, 5.41) is 0. The number of carbonyl (C=O) groups excluding carboxylic acids is 1. The summed E-state index contributed by atoms with van der Waals surface area (Å²) in [6, 6.07) is 0. The maximum Gasteiger partial charge on any atom is 0.148 e. The Labute approximate surface area is 62.2 Å². The molecule has 0 bridgehead atoms. The number of likely N-dealkylation sites (N-methyl/N-ethyl adjacent to an activating group) is 1. The van der Waals surface area contributed by atoms with Crippen molar-refractivity contribution in [2.24, 2.45) is 0 Å².